The second-order valence-electron chi connectivity index (χ2n) is 10.6. The summed E-state index contributed by atoms with van der Waals surface area (Å²) in [6.07, 6.45) is 1.19. The van der Waals surface area contributed by atoms with Gasteiger partial charge in [0, 0.05) is 29.4 Å². The fourth-order valence-corrected chi connectivity index (χ4v) is 5.67. The summed E-state index contributed by atoms with van der Waals surface area (Å²) in [7, 11) is 0. The number of halogens is 2. The smallest absolute Gasteiger partial charge is 0.251 e. The lowest BCUT2D eigenvalue weighted by molar-refractivity contribution is -0.144. The summed E-state index contributed by atoms with van der Waals surface area (Å²) in [6, 6.07) is 13.1. The van der Waals surface area contributed by atoms with Crippen LogP contribution >= 0.6 is 11.3 Å². The molecule has 0 bridgehead atoms. The van der Waals surface area contributed by atoms with Crippen LogP contribution in [-0.4, -0.2) is 46.3 Å². The Balaban J connectivity index is 2.24. The molecule has 0 aliphatic rings. The number of aliphatic hydroxyl groups excluding tert-OH is 1. The molecule has 2 aromatic carbocycles. The monoisotopic (exact) mass is 541 g/mol. The summed E-state index contributed by atoms with van der Waals surface area (Å²) < 4.78 is 27.6. The minimum Gasteiger partial charge on any atom is -0.384 e. The summed E-state index contributed by atoms with van der Waals surface area (Å²) in [4.78, 5) is 20.9. The van der Waals surface area contributed by atoms with Gasteiger partial charge in [0.05, 0.1) is 11.7 Å². The van der Waals surface area contributed by atoms with E-state index < -0.39 is 36.2 Å². The highest BCUT2D eigenvalue weighted by Crippen LogP contribution is 2.44. The number of aliphatic hydroxyl groups is 1. The van der Waals surface area contributed by atoms with Crippen LogP contribution in [0.4, 0.5) is 8.78 Å². The van der Waals surface area contributed by atoms with E-state index >= 15 is 0 Å². The van der Waals surface area contributed by atoms with Crippen LogP contribution in [0.5, 0.6) is 0 Å². The number of carbonyl (C=O) groups is 1. The Hall–Kier alpha value is -2.94. The van der Waals surface area contributed by atoms with E-state index in [0.29, 0.717) is 22.7 Å². The molecule has 0 saturated heterocycles. The predicted octanol–water partition coefficient (Wildman–Crippen LogP) is 6.17. The van der Waals surface area contributed by atoms with Crippen molar-refractivity contribution in [1.82, 2.24) is 9.88 Å². The van der Waals surface area contributed by atoms with Crippen LogP contribution in [-0.2, 0) is 11.2 Å². The number of aromatic nitrogens is 1. The minimum atomic E-state index is -1.26. The first kappa shape index (κ1) is 29.6. The zero-order valence-corrected chi connectivity index (χ0v) is 23.3. The first-order chi connectivity index (χ1) is 18.0. The van der Waals surface area contributed by atoms with Crippen molar-refractivity contribution >= 4 is 23.3 Å². The fraction of sp³-hybridized carbons (Fsp3) is 0.400. The highest BCUT2D eigenvalue weighted by Gasteiger charge is 2.39. The van der Waals surface area contributed by atoms with E-state index in [1.54, 1.807) is 17.0 Å². The predicted molar refractivity (Wildman–Crippen MR) is 151 cm³/mol. The van der Waals surface area contributed by atoms with Gasteiger partial charge in [-0.2, -0.15) is 0 Å². The first-order valence-corrected chi connectivity index (χ1v) is 13.5. The molecule has 0 aliphatic heterocycles. The van der Waals surface area contributed by atoms with Crippen molar-refractivity contribution in [2.45, 2.75) is 58.7 Å². The fourth-order valence-electron chi connectivity index (χ4n) is 4.51. The average Bonchev–Trinajstić information content (AvgIpc) is 3.27. The molecule has 0 radical (unpaired) electrons. The van der Waals surface area contributed by atoms with Gasteiger partial charge in [-0.05, 0) is 42.0 Å². The largest absolute Gasteiger partial charge is 0.384 e. The molecule has 0 spiro atoms. The number of carbonyl (C=O) groups excluding carboxylic acids is 1. The van der Waals surface area contributed by atoms with Gasteiger partial charge in [0.2, 0.25) is 0 Å². The van der Waals surface area contributed by atoms with E-state index in [2.05, 4.69) is 6.58 Å². The molecule has 8 heteroatoms. The molecule has 0 saturated carbocycles. The highest BCUT2D eigenvalue weighted by atomic mass is 32.1. The maximum absolute atomic E-state index is 14.3. The number of thiazole rings is 1. The van der Waals surface area contributed by atoms with Crippen molar-refractivity contribution in [2.24, 2.45) is 11.1 Å². The first-order valence-electron chi connectivity index (χ1n) is 12.7. The minimum absolute atomic E-state index is 0.159. The lowest BCUT2D eigenvalue weighted by Gasteiger charge is -2.41. The van der Waals surface area contributed by atoms with E-state index in [1.807, 2.05) is 51.1 Å². The molecule has 3 rings (SSSR count). The van der Waals surface area contributed by atoms with E-state index in [9.17, 15) is 18.7 Å². The third-order valence-electron chi connectivity index (χ3n) is 6.37. The van der Waals surface area contributed by atoms with Crippen LogP contribution in [0.15, 0.2) is 55.1 Å². The molecule has 204 valence electrons. The number of nitrogens with zero attached hydrogens (tertiary/aromatic N) is 2. The van der Waals surface area contributed by atoms with Crippen molar-refractivity contribution in [3.05, 3.63) is 82.6 Å². The van der Waals surface area contributed by atoms with E-state index in [4.69, 9.17) is 10.7 Å². The normalized spacial score (nSPS) is 14.1. The molecular formula is C30H37F2N3O2S. The van der Waals surface area contributed by atoms with Crippen molar-refractivity contribution in [2.75, 3.05) is 13.2 Å². The van der Waals surface area contributed by atoms with Crippen molar-refractivity contribution < 1.29 is 18.7 Å². The van der Waals surface area contributed by atoms with Crippen LogP contribution < -0.4 is 5.73 Å². The summed E-state index contributed by atoms with van der Waals surface area (Å²) in [5, 5.41) is 10.9. The molecule has 3 N–H and O–H groups in total. The van der Waals surface area contributed by atoms with E-state index in [-0.39, 0.29) is 18.8 Å². The Morgan fingerprint density at radius 2 is 1.92 bits per heavy atom. The Labute approximate surface area is 228 Å². The van der Waals surface area contributed by atoms with Crippen LogP contribution in [0.1, 0.15) is 61.9 Å². The molecule has 0 aliphatic carbocycles. The Bertz CT molecular complexity index is 1240. The Kier molecular flexibility index (Phi) is 9.93. The quantitative estimate of drug-likeness (QED) is 0.304. The molecular weight excluding hydrogens is 504 g/mol. The number of benzene rings is 2. The topological polar surface area (TPSA) is 79.5 Å². The van der Waals surface area contributed by atoms with Crippen LogP contribution in [0.25, 0.3) is 16.6 Å². The maximum atomic E-state index is 14.3. The number of amides is 1. The van der Waals surface area contributed by atoms with Crippen LogP contribution in [0.3, 0.4) is 0 Å². The van der Waals surface area contributed by atoms with Gasteiger partial charge in [-0.1, -0.05) is 69.8 Å². The van der Waals surface area contributed by atoms with E-state index in [1.165, 1.54) is 30.4 Å². The van der Waals surface area contributed by atoms with Crippen molar-refractivity contribution in [3.8, 4) is 10.6 Å². The average molecular weight is 542 g/mol. The zero-order chi connectivity index (χ0) is 28.0. The van der Waals surface area contributed by atoms with Gasteiger partial charge in [-0.3, -0.25) is 4.79 Å². The van der Waals surface area contributed by atoms with Gasteiger partial charge in [0.1, 0.15) is 23.6 Å². The summed E-state index contributed by atoms with van der Waals surface area (Å²) in [5.74, 6) is -0.862. The zero-order valence-electron chi connectivity index (χ0n) is 22.5. The second kappa shape index (κ2) is 12.7. The van der Waals surface area contributed by atoms with Crippen LogP contribution in [0.2, 0.25) is 0 Å². The van der Waals surface area contributed by atoms with Gasteiger partial charge in [0.15, 0.2) is 0 Å². The second-order valence-corrected chi connectivity index (χ2v) is 11.7. The van der Waals surface area contributed by atoms with Gasteiger partial charge in [0.25, 0.3) is 5.91 Å². The van der Waals surface area contributed by atoms with Crippen molar-refractivity contribution in [1.29, 1.82) is 0 Å². The maximum Gasteiger partial charge on any atom is 0.251 e. The Morgan fingerprint density at radius 3 is 2.50 bits per heavy atom. The molecule has 38 heavy (non-hydrogen) atoms. The third kappa shape index (κ3) is 7.12. The Morgan fingerprint density at radius 1 is 1.24 bits per heavy atom. The molecule has 3 aromatic rings. The molecule has 1 aromatic heterocycles. The molecule has 3 atom stereocenters. The number of alkyl halides is 1. The lowest BCUT2D eigenvalue weighted by Crippen LogP contribution is -2.47. The van der Waals surface area contributed by atoms with Gasteiger partial charge < -0.3 is 15.7 Å². The molecule has 5 nitrogen and oxygen atoms in total. The number of hydrogen-bond donors (Lipinski definition) is 2. The highest BCUT2D eigenvalue weighted by molar-refractivity contribution is 7.15. The van der Waals surface area contributed by atoms with Crippen molar-refractivity contribution in [3.63, 3.8) is 0 Å². The lowest BCUT2D eigenvalue weighted by atomic mass is 9.82. The van der Waals surface area contributed by atoms with Crippen LogP contribution in [0, 0.1) is 11.2 Å². The number of rotatable bonds is 11. The van der Waals surface area contributed by atoms with Gasteiger partial charge >= 0.3 is 0 Å². The molecule has 0 fully saturated rings. The molecule has 3 unspecified atom stereocenters. The third-order valence-corrected chi connectivity index (χ3v) is 7.48. The van der Waals surface area contributed by atoms with Gasteiger partial charge in [-0.15, -0.1) is 11.3 Å². The molecule has 1 heterocycles. The van der Waals surface area contributed by atoms with E-state index in [0.717, 1.165) is 16.0 Å². The summed E-state index contributed by atoms with van der Waals surface area (Å²) in [6.45, 7) is 10.7. The van der Waals surface area contributed by atoms with Gasteiger partial charge in [-0.25, -0.2) is 13.8 Å². The summed E-state index contributed by atoms with van der Waals surface area (Å²) in [5.41, 5.74) is 8.46. The summed E-state index contributed by atoms with van der Waals surface area (Å²) >= 11 is 1.45. The number of hydrogen-bond acceptors (Lipinski definition) is 5. The standard InChI is InChI=1S/C30H37F2N3O2S/c1-6-21-12-13-22(32)17-24(21)28-34-26(25(38-28)16-20-10-8-7-9-11-20)27(30(3,4)5)35(29(37)19(2)36)15-14-23(33)18-31/h6-13,17,19,23,27,36H,1,14-16,18,33H2,2-5H3. The number of nitrogens with two attached hydrogens (primary N) is 1. The molecule has 1 amide bonds. The SMILES string of the molecule is C=Cc1ccc(F)cc1-c1nc(C(N(CCC(N)CF)C(=O)C(C)O)C(C)(C)C)c(Cc2ccccc2)s1.